The third-order valence-corrected chi connectivity index (χ3v) is 4.67. The molecule has 0 saturated carbocycles. The van der Waals surface area contributed by atoms with Gasteiger partial charge in [0.05, 0.1) is 0 Å². The van der Waals surface area contributed by atoms with Gasteiger partial charge in [-0.1, -0.05) is 61.4 Å². The van der Waals surface area contributed by atoms with Crippen molar-refractivity contribution >= 4 is 11.9 Å². The summed E-state index contributed by atoms with van der Waals surface area (Å²) in [7, 11) is 0. The Morgan fingerprint density at radius 2 is 1.76 bits per heavy atom. The maximum Gasteiger partial charge on any atom is 0.343 e. The molecule has 0 radical (unpaired) electrons. The minimum absolute atomic E-state index is 0.209. The number of aliphatic carboxylic acids is 2. The van der Waals surface area contributed by atoms with Crippen molar-refractivity contribution in [2.24, 2.45) is 11.3 Å². The summed E-state index contributed by atoms with van der Waals surface area (Å²) in [5.74, 6) is -2.46. The van der Waals surface area contributed by atoms with Gasteiger partial charge in [0, 0.05) is 5.92 Å². The van der Waals surface area contributed by atoms with Crippen LogP contribution in [-0.2, 0) is 9.59 Å². The fourth-order valence-corrected chi connectivity index (χ4v) is 3.14. The largest absolute Gasteiger partial charge is 0.477 e. The predicted octanol–water partition coefficient (Wildman–Crippen LogP) is 4.91. The van der Waals surface area contributed by atoms with E-state index < -0.39 is 17.5 Å². The number of hydrogen-bond acceptors (Lipinski definition) is 2. The molecule has 0 saturated heterocycles. The van der Waals surface area contributed by atoms with E-state index in [0.29, 0.717) is 5.92 Å². The van der Waals surface area contributed by atoms with Crippen LogP contribution in [0.25, 0.3) is 0 Å². The van der Waals surface area contributed by atoms with Crippen LogP contribution >= 0.6 is 0 Å². The zero-order valence-electron chi connectivity index (χ0n) is 15.7. The van der Waals surface area contributed by atoms with Gasteiger partial charge in [0.1, 0.15) is 5.57 Å². The second kappa shape index (κ2) is 8.65. The Balaban J connectivity index is 2.90. The van der Waals surface area contributed by atoms with Crippen molar-refractivity contribution in [2.75, 3.05) is 0 Å². The topological polar surface area (TPSA) is 74.6 Å². The second-order valence-electron chi connectivity index (χ2n) is 7.25. The maximum atomic E-state index is 10.9. The van der Waals surface area contributed by atoms with Crippen LogP contribution in [0.4, 0.5) is 0 Å². The lowest BCUT2D eigenvalue weighted by Crippen LogP contribution is -2.26. The molecule has 0 aromatic carbocycles. The number of carboxylic acids is 2. The SMILES string of the molecule is CC1=CCCC(C)(C)C1/C=C/C(C)=C/C=C\C(C)=C(C(=O)O)C(=O)O. The number of allylic oxidation sites excluding steroid dienone is 9. The standard InChI is InChI=1S/C21H28O4/c1-14(8-6-9-16(3)18(19(22)23)20(24)25)11-12-17-15(2)10-7-13-21(17,4)5/h6,8-12,17H,7,13H2,1-5H3,(H,22,23)(H,24,25)/b9-6-,12-11+,14-8+. The van der Waals surface area contributed by atoms with E-state index >= 15 is 0 Å². The number of carbonyl (C=O) groups is 2. The van der Waals surface area contributed by atoms with Crippen molar-refractivity contribution < 1.29 is 19.8 Å². The fourth-order valence-electron chi connectivity index (χ4n) is 3.14. The lowest BCUT2D eigenvalue weighted by atomic mass is 9.68. The van der Waals surface area contributed by atoms with E-state index in [9.17, 15) is 9.59 Å². The minimum atomic E-state index is -1.43. The van der Waals surface area contributed by atoms with Gasteiger partial charge in [-0.3, -0.25) is 0 Å². The van der Waals surface area contributed by atoms with Crippen molar-refractivity contribution in [1.29, 1.82) is 0 Å². The molecule has 4 nitrogen and oxygen atoms in total. The van der Waals surface area contributed by atoms with Gasteiger partial charge in [-0.15, -0.1) is 0 Å². The fraction of sp³-hybridized carbons (Fsp3) is 0.429. The van der Waals surface area contributed by atoms with Crippen LogP contribution in [0, 0.1) is 11.3 Å². The third-order valence-electron chi connectivity index (χ3n) is 4.67. The highest BCUT2D eigenvalue weighted by molar-refractivity contribution is 6.13. The molecule has 136 valence electrons. The van der Waals surface area contributed by atoms with Crippen molar-refractivity contribution in [3.63, 3.8) is 0 Å². The molecule has 25 heavy (non-hydrogen) atoms. The van der Waals surface area contributed by atoms with Crippen LogP contribution < -0.4 is 0 Å². The summed E-state index contributed by atoms with van der Waals surface area (Å²) in [6.07, 6.45) is 13.9. The van der Waals surface area contributed by atoms with E-state index in [-0.39, 0.29) is 11.0 Å². The molecule has 0 heterocycles. The highest BCUT2D eigenvalue weighted by atomic mass is 16.4. The minimum Gasteiger partial charge on any atom is -0.477 e. The Hall–Kier alpha value is -2.36. The van der Waals surface area contributed by atoms with Crippen molar-refractivity contribution in [1.82, 2.24) is 0 Å². The van der Waals surface area contributed by atoms with Gasteiger partial charge < -0.3 is 10.2 Å². The Kier molecular flexibility index (Phi) is 7.16. The highest BCUT2D eigenvalue weighted by Crippen LogP contribution is 2.41. The number of carboxylic acid groups (broad SMARTS) is 2. The summed E-state index contributed by atoms with van der Waals surface area (Å²) >= 11 is 0. The summed E-state index contributed by atoms with van der Waals surface area (Å²) in [4.78, 5) is 21.9. The Bertz CT molecular complexity index is 669. The van der Waals surface area contributed by atoms with Crippen LogP contribution in [0.1, 0.15) is 47.5 Å². The monoisotopic (exact) mass is 344 g/mol. The Labute approximate surface area is 149 Å². The summed E-state index contributed by atoms with van der Waals surface area (Å²) in [5.41, 5.74) is 2.25. The zero-order valence-corrected chi connectivity index (χ0v) is 15.7. The summed E-state index contributed by atoms with van der Waals surface area (Å²) in [6.45, 7) is 10.2. The van der Waals surface area contributed by atoms with Crippen LogP contribution in [-0.4, -0.2) is 22.2 Å². The molecule has 0 amide bonds. The molecule has 4 heteroatoms. The molecular weight excluding hydrogens is 316 g/mol. The van der Waals surface area contributed by atoms with Gasteiger partial charge in [-0.05, 0) is 44.6 Å². The summed E-state index contributed by atoms with van der Waals surface area (Å²) in [5, 5.41) is 17.8. The van der Waals surface area contributed by atoms with Gasteiger partial charge in [0.2, 0.25) is 0 Å². The molecule has 1 aliphatic carbocycles. The van der Waals surface area contributed by atoms with Crippen molar-refractivity contribution in [2.45, 2.75) is 47.5 Å². The lowest BCUT2D eigenvalue weighted by Gasteiger charge is -2.36. The maximum absolute atomic E-state index is 10.9. The van der Waals surface area contributed by atoms with E-state index in [4.69, 9.17) is 10.2 Å². The molecular formula is C21H28O4. The van der Waals surface area contributed by atoms with Crippen LogP contribution in [0.2, 0.25) is 0 Å². The lowest BCUT2D eigenvalue weighted by molar-refractivity contribution is -0.140. The second-order valence-corrected chi connectivity index (χ2v) is 7.25. The van der Waals surface area contributed by atoms with Gasteiger partial charge in [-0.25, -0.2) is 9.59 Å². The Morgan fingerprint density at radius 1 is 1.16 bits per heavy atom. The van der Waals surface area contributed by atoms with E-state index in [2.05, 4.69) is 39.0 Å². The van der Waals surface area contributed by atoms with Gasteiger partial charge in [0.15, 0.2) is 0 Å². The molecule has 0 spiro atoms. The van der Waals surface area contributed by atoms with Gasteiger partial charge >= 0.3 is 11.9 Å². The molecule has 1 aliphatic rings. The van der Waals surface area contributed by atoms with E-state index in [1.807, 2.05) is 13.0 Å². The normalized spacial score (nSPS) is 20.6. The first-order chi connectivity index (χ1) is 11.6. The summed E-state index contributed by atoms with van der Waals surface area (Å²) < 4.78 is 0. The Morgan fingerprint density at radius 3 is 2.28 bits per heavy atom. The van der Waals surface area contributed by atoms with Crippen LogP contribution in [0.5, 0.6) is 0 Å². The number of rotatable bonds is 6. The van der Waals surface area contributed by atoms with Crippen molar-refractivity contribution in [3.05, 3.63) is 58.7 Å². The first-order valence-electron chi connectivity index (χ1n) is 8.43. The zero-order chi connectivity index (χ0) is 19.2. The highest BCUT2D eigenvalue weighted by Gasteiger charge is 2.30. The molecule has 2 N–H and O–H groups in total. The quantitative estimate of drug-likeness (QED) is 0.236. The molecule has 1 unspecified atom stereocenters. The first-order valence-corrected chi connectivity index (χ1v) is 8.43. The predicted molar refractivity (Wildman–Crippen MR) is 100 cm³/mol. The van der Waals surface area contributed by atoms with Gasteiger partial charge in [0.25, 0.3) is 0 Å². The van der Waals surface area contributed by atoms with Gasteiger partial charge in [-0.2, -0.15) is 0 Å². The van der Waals surface area contributed by atoms with Crippen molar-refractivity contribution in [3.8, 4) is 0 Å². The van der Waals surface area contributed by atoms with E-state index in [0.717, 1.165) is 12.0 Å². The number of hydrogen-bond donors (Lipinski definition) is 2. The molecule has 0 fully saturated rings. The van der Waals surface area contributed by atoms with E-state index in [1.165, 1.54) is 25.0 Å². The molecule has 0 aliphatic heterocycles. The molecule has 0 bridgehead atoms. The third kappa shape index (κ3) is 5.89. The smallest absolute Gasteiger partial charge is 0.343 e. The summed E-state index contributed by atoms with van der Waals surface area (Å²) in [6, 6.07) is 0. The average molecular weight is 344 g/mol. The molecule has 0 aromatic heterocycles. The van der Waals surface area contributed by atoms with E-state index in [1.54, 1.807) is 6.08 Å². The van der Waals surface area contributed by atoms with Crippen LogP contribution in [0.15, 0.2) is 58.7 Å². The van der Waals surface area contributed by atoms with Crippen LogP contribution in [0.3, 0.4) is 0 Å². The first kappa shape index (κ1) is 20.7. The molecule has 1 atom stereocenters. The molecule has 1 rings (SSSR count). The average Bonchev–Trinajstić information content (AvgIpc) is 2.45. The molecule has 0 aromatic rings.